The summed E-state index contributed by atoms with van der Waals surface area (Å²) in [6.07, 6.45) is 3.11. The van der Waals surface area contributed by atoms with Crippen LogP contribution in [0.25, 0.3) is 0 Å². The minimum atomic E-state index is -1.19. The molecule has 3 aromatic rings. The average molecular weight is 622 g/mol. The van der Waals surface area contributed by atoms with Gasteiger partial charge in [0.2, 0.25) is 11.8 Å². The Morgan fingerprint density at radius 3 is 2.26 bits per heavy atom. The van der Waals surface area contributed by atoms with Crippen LogP contribution in [-0.2, 0) is 30.5 Å². The third-order valence-electron chi connectivity index (χ3n) is 6.43. The smallest absolute Gasteiger partial charge is 0.250 e. The molecule has 0 saturated carbocycles. The van der Waals surface area contributed by atoms with Gasteiger partial charge in [-0.3, -0.25) is 14.4 Å². The predicted octanol–water partition coefficient (Wildman–Crippen LogP) is 2.55. The Hall–Kier alpha value is -3.48. The van der Waals surface area contributed by atoms with Crippen LogP contribution < -0.4 is 16.4 Å². The molecule has 2 heterocycles. The Kier molecular flexibility index (Phi) is 13.4. The maximum absolute atomic E-state index is 13.5. The normalized spacial score (nSPS) is 14.5. The van der Waals surface area contributed by atoms with Gasteiger partial charge in [0.05, 0.1) is 38.3 Å². The van der Waals surface area contributed by atoms with Crippen molar-refractivity contribution in [1.82, 2.24) is 19.8 Å². The zero-order chi connectivity index (χ0) is 28.5. The number of halogens is 2. The van der Waals surface area contributed by atoms with Gasteiger partial charge in [-0.1, -0.05) is 60.7 Å². The fraction of sp³-hybridized carbons (Fsp3) is 0.379. The van der Waals surface area contributed by atoms with Gasteiger partial charge in [0, 0.05) is 19.3 Å². The Morgan fingerprint density at radius 1 is 1.02 bits per heavy atom. The first-order chi connectivity index (χ1) is 19.2. The van der Waals surface area contributed by atoms with Gasteiger partial charge in [-0.2, -0.15) is 0 Å². The number of carbonyl (C=O) groups is 3. The molecule has 1 saturated heterocycles. The number of amides is 3. The van der Waals surface area contributed by atoms with Crippen LogP contribution in [0.5, 0.6) is 0 Å². The number of nitrogens with one attached hydrogen (secondary N) is 2. The van der Waals surface area contributed by atoms with Crippen LogP contribution in [0, 0.1) is 0 Å². The summed E-state index contributed by atoms with van der Waals surface area (Å²) < 4.78 is 12.8. The molecule has 2 aromatic carbocycles. The van der Waals surface area contributed by atoms with Gasteiger partial charge in [-0.05, 0) is 25.0 Å². The highest BCUT2D eigenvalue weighted by atomic mass is 35.5. The molecule has 11 nitrogen and oxygen atoms in total. The number of hydrogen-bond donors (Lipinski definition) is 3. The standard InChI is InChI=1S/C29H36N6O5.2ClH/c1-29(2,30)28(38)32-23(19-40-18-21-9-5-3-6-10-21)26(36)33-24-17-35(20-31-24)25(22-11-7-4-8-12-22)27(37)34-13-15-39-16-14-34;;/h3-12,17,20,23,25H,13-16,18-19,30H2,1-2H3,(H,32,38)(H,33,36);2*1H/t23-,25?;;/m1../s1. The quantitative estimate of drug-likeness (QED) is 0.299. The largest absolute Gasteiger partial charge is 0.378 e. The number of nitrogens with two attached hydrogens (primary N) is 1. The Balaban J connectivity index is 0.00000308. The number of benzene rings is 2. The summed E-state index contributed by atoms with van der Waals surface area (Å²) in [6, 6.07) is 17.2. The molecule has 228 valence electrons. The number of morpholine rings is 1. The van der Waals surface area contributed by atoms with E-state index in [0.717, 1.165) is 11.1 Å². The van der Waals surface area contributed by atoms with Crippen LogP contribution in [0.15, 0.2) is 73.2 Å². The number of hydrogen-bond acceptors (Lipinski definition) is 7. The number of imidazole rings is 1. The maximum Gasteiger partial charge on any atom is 0.250 e. The van der Waals surface area contributed by atoms with Crippen molar-refractivity contribution < 1.29 is 23.9 Å². The lowest BCUT2D eigenvalue weighted by Gasteiger charge is -2.31. The topological polar surface area (TPSA) is 141 Å². The number of anilines is 1. The van der Waals surface area contributed by atoms with E-state index in [0.29, 0.717) is 26.3 Å². The van der Waals surface area contributed by atoms with E-state index in [9.17, 15) is 14.4 Å². The summed E-state index contributed by atoms with van der Waals surface area (Å²) in [5, 5.41) is 5.41. The SMILES string of the molecule is CC(C)(N)C(=O)N[C@H](COCc1ccccc1)C(=O)Nc1cn(C(C(=O)N2CCOCC2)c2ccccc2)cn1.Cl.Cl. The van der Waals surface area contributed by atoms with Crippen molar-refractivity contribution in [2.75, 3.05) is 38.2 Å². The molecule has 0 aliphatic carbocycles. The Labute approximate surface area is 258 Å². The zero-order valence-electron chi connectivity index (χ0n) is 23.6. The van der Waals surface area contributed by atoms with Crippen molar-refractivity contribution >= 4 is 48.4 Å². The molecule has 0 spiro atoms. The van der Waals surface area contributed by atoms with Crippen molar-refractivity contribution in [2.24, 2.45) is 5.73 Å². The average Bonchev–Trinajstić information content (AvgIpc) is 3.41. The van der Waals surface area contributed by atoms with Gasteiger partial charge < -0.3 is 35.3 Å². The summed E-state index contributed by atoms with van der Waals surface area (Å²) in [5.41, 5.74) is 6.47. The number of carbonyl (C=O) groups excluding carboxylic acids is 3. The molecule has 1 fully saturated rings. The summed E-state index contributed by atoms with van der Waals surface area (Å²) in [4.78, 5) is 45.5. The highest BCUT2D eigenvalue weighted by Crippen LogP contribution is 2.23. The molecule has 42 heavy (non-hydrogen) atoms. The predicted molar refractivity (Wildman–Crippen MR) is 164 cm³/mol. The van der Waals surface area contributed by atoms with Crippen molar-refractivity contribution in [1.29, 1.82) is 0 Å². The molecule has 4 N–H and O–H groups in total. The molecule has 0 bridgehead atoms. The fourth-order valence-corrected chi connectivity index (χ4v) is 4.19. The second-order valence-corrected chi connectivity index (χ2v) is 10.2. The molecule has 2 atom stereocenters. The van der Waals surface area contributed by atoms with Gasteiger partial charge in [0.15, 0.2) is 5.82 Å². The highest BCUT2D eigenvalue weighted by molar-refractivity contribution is 5.98. The first-order valence-electron chi connectivity index (χ1n) is 13.2. The summed E-state index contributed by atoms with van der Waals surface area (Å²) >= 11 is 0. The number of rotatable bonds is 11. The summed E-state index contributed by atoms with van der Waals surface area (Å²) in [7, 11) is 0. The number of nitrogens with zero attached hydrogens (tertiary/aromatic N) is 3. The Morgan fingerprint density at radius 2 is 1.64 bits per heavy atom. The van der Waals surface area contributed by atoms with Crippen LogP contribution in [0.3, 0.4) is 0 Å². The van der Waals surface area contributed by atoms with E-state index in [4.69, 9.17) is 15.2 Å². The lowest BCUT2D eigenvalue weighted by molar-refractivity contribution is -0.137. The van der Waals surface area contributed by atoms with E-state index in [1.807, 2.05) is 60.7 Å². The van der Waals surface area contributed by atoms with Crippen molar-refractivity contribution in [3.63, 3.8) is 0 Å². The number of ether oxygens (including phenoxy) is 2. The van der Waals surface area contributed by atoms with Crippen molar-refractivity contribution in [3.8, 4) is 0 Å². The van der Waals surface area contributed by atoms with Crippen LogP contribution in [0.2, 0.25) is 0 Å². The van der Waals surface area contributed by atoms with E-state index in [2.05, 4.69) is 15.6 Å². The third kappa shape index (κ3) is 9.53. The second-order valence-electron chi connectivity index (χ2n) is 10.2. The maximum atomic E-state index is 13.5. The van der Waals surface area contributed by atoms with E-state index in [1.165, 1.54) is 6.33 Å². The fourth-order valence-electron chi connectivity index (χ4n) is 4.19. The Bertz CT molecular complexity index is 1280. The minimum Gasteiger partial charge on any atom is -0.378 e. The molecule has 1 unspecified atom stereocenters. The molecular weight excluding hydrogens is 583 g/mol. The minimum absolute atomic E-state index is 0. The van der Waals surface area contributed by atoms with E-state index in [-0.39, 0.29) is 49.8 Å². The lowest BCUT2D eigenvalue weighted by Crippen LogP contribution is -2.56. The highest BCUT2D eigenvalue weighted by Gasteiger charge is 2.31. The first kappa shape index (κ1) is 34.7. The molecule has 3 amide bonds. The van der Waals surface area contributed by atoms with Crippen LogP contribution in [0.4, 0.5) is 5.82 Å². The second kappa shape index (κ2) is 16.2. The summed E-state index contributed by atoms with van der Waals surface area (Å²) in [6.45, 7) is 5.27. The van der Waals surface area contributed by atoms with Gasteiger partial charge in [0.25, 0.3) is 5.91 Å². The molecular formula is C29H38Cl2N6O5. The van der Waals surface area contributed by atoms with Gasteiger partial charge in [-0.25, -0.2) is 4.98 Å². The molecule has 13 heteroatoms. The van der Waals surface area contributed by atoms with E-state index >= 15 is 0 Å². The molecule has 1 aromatic heterocycles. The number of aromatic nitrogens is 2. The monoisotopic (exact) mass is 620 g/mol. The van der Waals surface area contributed by atoms with Crippen molar-refractivity contribution in [2.45, 2.75) is 38.1 Å². The van der Waals surface area contributed by atoms with Crippen molar-refractivity contribution in [3.05, 3.63) is 84.3 Å². The molecule has 1 aliphatic heterocycles. The third-order valence-corrected chi connectivity index (χ3v) is 6.43. The molecule has 0 radical (unpaired) electrons. The van der Waals surface area contributed by atoms with Crippen LogP contribution >= 0.6 is 24.8 Å². The summed E-state index contributed by atoms with van der Waals surface area (Å²) in [5.74, 6) is -0.877. The van der Waals surface area contributed by atoms with E-state index < -0.39 is 29.4 Å². The zero-order valence-corrected chi connectivity index (χ0v) is 25.2. The van der Waals surface area contributed by atoms with E-state index in [1.54, 1.807) is 29.5 Å². The molecule has 1 aliphatic rings. The first-order valence-corrected chi connectivity index (χ1v) is 13.2. The van der Waals surface area contributed by atoms with Crippen LogP contribution in [-0.4, -0.2) is 76.7 Å². The van der Waals surface area contributed by atoms with Crippen LogP contribution in [0.1, 0.15) is 31.0 Å². The lowest BCUT2D eigenvalue weighted by atomic mass is 10.1. The van der Waals surface area contributed by atoms with Gasteiger partial charge in [-0.15, -0.1) is 24.8 Å². The van der Waals surface area contributed by atoms with Gasteiger partial charge in [0.1, 0.15) is 12.1 Å². The molecule has 4 rings (SSSR count). The van der Waals surface area contributed by atoms with Gasteiger partial charge >= 0.3 is 0 Å².